The van der Waals surface area contributed by atoms with Crippen molar-refractivity contribution in [1.82, 2.24) is 5.06 Å². The Kier molecular flexibility index (Phi) is 5.53. The second-order valence-corrected chi connectivity index (χ2v) is 4.99. The second-order valence-electron chi connectivity index (χ2n) is 4.99. The molecule has 2 rings (SSSR count). The zero-order valence-electron chi connectivity index (χ0n) is 11.4. The predicted octanol–water partition coefficient (Wildman–Crippen LogP) is 4.01. The van der Waals surface area contributed by atoms with E-state index in [0.717, 1.165) is 31.7 Å². The van der Waals surface area contributed by atoms with Gasteiger partial charge in [0.25, 0.3) is 0 Å². The van der Waals surface area contributed by atoms with Gasteiger partial charge < -0.3 is 4.84 Å². The van der Waals surface area contributed by atoms with Crippen LogP contribution >= 0.6 is 0 Å². The smallest absolute Gasteiger partial charge is 0.147 e. The third-order valence-corrected chi connectivity index (χ3v) is 3.39. The Hall–Kier alpha value is -1.02. The molecular formula is C16H24NO. The number of nitrogens with zero attached hydrogens (tertiary/aromatic N) is 1. The van der Waals surface area contributed by atoms with Crippen molar-refractivity contribution in [3.05, 3.63) is 36.2 Å². The van der Waals surface area contributed by atoms with Crippen molar-refractivity contribution in [2.24, 2.45) is 0 Å². The Morgan fingerprint density at radius 3 is 2.44 bits per heavy atom. The van der Waals surface area contributed by atoms with Gasteiger partial charge in [-0.1, -0.05) is 31.9 Å². The summed E-state index contributed by atoms with van der Waals surface area (Å²) < 4.78 is 0. The van der Waals surface area contributed by atoms with E-state index in [-0.39, 0.29) is 0 Å². The lowest BCUT2D eigenvalue weighted by Gasteiger charge is -2.25. The van der Waals surface area contributed by atoms with E-state index in [1.807, 2.05) is 0 Å². The Morgan fingerprint density at radius 1 is 1.06 bits per heavy atom. The van der Waals surface area contributed by atoms with E-state index in [1.54, 1.807) is 0 Å². The van der Waals surface area contributed by atoms with Crippen LogP contribution in [0.3, 0.4) is 0 Å². The summed E-state index contributed by atoms with van der Waals surface area (Å²) in [6, 6.07) is 8.58. The van der Waals surface area contributed by atoms with Crippen LogP contribution in [0, 0.1) is 6.42 Å². The summed E-state index contributed by atoms with van der Waals surface area (Å²) in [6.45, 7) is 4.27. The van der Waals surface area contributed by atoms with Crippen molar-refractivity contribution in [1.29, 1.82) is 0 Å². The van der Waals surface area contributed by atoms with Gasteiger partial charge in [-0.3, -0.25) is 0 Å². The number of hydrogen-bond acceptors (Lipinski definition) is 2. The molecule has 0 saturated carbocycles. The van der Waals surface area contributed by atoms with Crippen LogP contribution in [-0.4, -0.2) is 18.2 Å². The van der Waals surface area contributed by atoms with Crippen molar-refractivity contribution >= 4 is 0 Å². The van der Waals surface area contributed by atoms with Gasteiger partial charge in [-0.2, -0.15) is 0 Å². The van der Waals surface area contributed by atoms with E-state index in [1.165, 1.54) is 31.2 Å². The van der Waals surface area contributed by atoms with Crippen LogP contribution in [0.4, 0.5) is 0 Å². The fourth-order valence-corrected chi connectivity index (χ4v) is 2.26. The molecular weight excluding hydrogens is 222 g/mol. The highest BCUT2D eigenvalue weighted by atomic mass is 16.7. The Balaban J connectivity index is 1.79. The average molecular weight is 246 g/mol. The highest BCUT2D eigenvalue weighted by Gasteiger charge is 2.11. The summed E-state index contributed by atoms with van der Waals surface area (Å²) in [5.74, 6) is 0.969. The quantitative estimate of drug-likeness (QED) is 0.703. The molecule has 0 unspecified atom stereocenters. The Bertz CT molecular complexity index is 327. The minimum absolute atomic E-state index is 0.969. The molecule has 1 aromatic rings. The number of unbranched alkanes of at least 4 members (excludes halogenated alkanes) is 2. The first-order valence-electron chi connectivity index (χ1n) is 7.22. The molecule has 1 heterocycles. The SMILES string of the molecule is CCCCCc1ccc(ON2CC[CH]CC2)cc1. The van der Waals surface area contributed by atoms with Gasteiger partial charge in [0.2, 0.25) is 0 Å². The molecule has 0 spiro atoms. The number of aryl methyl sites for hydroxylation is 1. The lowest BCUT2D eigenvalue weighted by molar-refractivity contribution is -0.0650. The van der Waals surface area contributed by atoms with Gasteiger partial charge in [-0.25, -0.2) is 0 Å². The number of hydroxylamine groups is 2. The Morgan fingerprint density at radius 2 is 1.78 bits per heavy atom. The third kappa shape index (κ3) is 4.34. The first kappa shape index (κ1) is 13.4. The molecule has 1 saturated heterocycles. The molecule has 1 fully saturated rings. The van der Waals surface area contributed by atoms with Gasteiger partial charge in [0.1, 0.15) is 5.75 Å². The van der Waals surface area contributed by atoms with E-state index in [2.05, 4.69) is 42.7 Å². The maximum Gasteiger partial charge on any atom is 0.147 e. The van der Waals surface area contributed by atoms with Crippen molar-refractivity contribution in [3.63, 3.8) is 0 Å². The molecule has 0 aliphatic carbocycles. The zero-order chi connectivity index (χ0) is 12.6. The van der Waals surface area contributed by atoms with E-state index < -0.39 is 0 Å². The molecule has 0 atom stereocenters. The summed E-state index contributed by atoms with van der Waals surface area (Å²) in [5, 5.41) is 2.06. The normalized spacial score (nSPS) is 16.7. The molecule has 1 radical (unpaired) electrons. The third-order valence-electron chi connectivity index (χ3n) is 3.39. The van der Waals surface area contributed by atoms with Crippen molar-refractivity contribution < 1.29 is 4.84 Å². The highest BCUT2D eigenvalue weighted by molar-refractivity contribution is 5.27. The van der Waals surface area contributed by atoms with Crippen molar-refractivity contribution in [2.45, 2.75) is 45.4 Å². The second kappa shape index (κ2) is 7.42. The van der Waals surface area contributed by atoms with E-state index in [0.29, 0.717) is 0 Å². The van der Waals surface area contributed by atoms with Crippen LogP contribution in [0.1, 0.15) is 44.6 Å². The lowest BCUT2D eigenvalue weighted by atomic mass is 10.1. The summed E-state index contributed by atoms with van der Waals surface area (Å²) in [7, 11) is 0. The lowest BCUT2D eigenvalue weighted by Crippen LogP contribution is -2.32. The minimum Gasteiger partial charge on any atom is -0.406 e. The van der Waals surface area contributed by atoms with E-state index in [9.17, 15) is 0 Å². The summed E-state index contributed by atoms with van der Waals surface area (Å²) in [4.78, 5) is 5.85. The van der Waals surface area contributed by atoms with Crippen LogP contribution in [0.15, 0.2) is 24.3 Å². The van der Waals surface area contributed by atoms with Gasteiger partial charge in [-0.15, -0.1) is 5.06 Å². The van der Waals surface area contributed by atoms with Crippen LogP contribution in [-0.2, 0) is 6.42 Å². The fraction of sp³-hybridized carbons (Fsp3) is 0.562. The first-order chi connectivity index (χ1) is 8.88. The molecule has 1 aliphatic heterocycles. The van der Waals surface area contributed by atoms with E-state index in [4.69, 9.17) is 4.84 Å². The number of benzene rings is 1. The van der Waals surface area contributed by atoms with Crippen LogP contribution in [0.25, 0.3) is 0 Å². The van der Waals surface area contributed by atoms with Gasteiger partial charge in [0.15, 0.2) is 0 Å². The Labute approximate surface area is 111 Å². The molecule has 0 aromatic heterocycles. The summed E-state index contributed by atoms with van der Waals surface area (Å²) in [5.41, 5.74) is 1.42. The highest BCUT2D eigenvalue weighted by Crippen LogP contribution is 2.17. The van der Waals surface area contributed by atoms with Crippen LogP contribution in [0.5, 0.6) is 5.75 Å². The molecule has 18 heavy (non-hydrogen) atoms. The zero-order valence-corrected chi connectivity index (χ0v) is 11.4. The molecule has 1 aliphatic rings. The van der Waals surface area contributed by atoms with E-state index >= 15 is 0 Å². The number of piperidine rings is 1. The van der Waals surface area contributed by atoms with Crippen molar-refractivity contribution in [3.8, 4) is 5.75 Å². The number of rotatable bonds is 6. The van der Waals surface area contributed by atoms with Gasteiger partial charge in [-0.05, 0) is 49.8 Å². The molecule has 2 nitrogen and oxygen atoms in total. The first-order valence-corrected chi connectivity index (χ1v) is 7.22. The maximum atomic E-state index is 5.85. The fourth-order valence-electron chi connectivity index (χ4n) is 2.26. The summed E-state index contributed by atoms with van der Waals surface area (Å²) >= 11 is 0. The average Bonchev–Trinajstić information content (AvgIpc) is 2.42. The van der Waals surface area contributed by atoms with Crippen LogP contribution in [0.2, 0.25) is 0 Å². The molecule has 2 heteroatoms. The maximum absolute atomic E-state index is 5.85. The largest absolute Gasteiger partial charge is 0.406 e. The van der Waals surface area contributed by atoms with Gasteiger partial charge >= 0.3 is 0 Å². The van der Waals surface area contributed by atoms with Gasteiger partial charge in [0.05, 0.1) is 0 Å². The van der Waals surface area contributed by atoms with Crippen LogP contribution < -0.4 is 4.84 Å². The topological polar surface area (TPSA) is 12.5 Å². The molecule has 0 N–H and O–H groups in total. The molecule has 99 valence electrons. The van der Waals surface area contributed by atoms with Crippen molar-refractivity contribution in [2.75, 3.05) is 13.1 Å². The summed E-state index contributed by atoms with van der Waals surface area (Å²) in [6.07, 6.45) is 9.68. The standard InChI is InChI=1S/C16H24NO/c1-2-3-5-8-15-9-11-16(12-10-15)18-17-13-6-4-7-14-17/h4,9-12H,2-3,5-8,13-14H2,1H3. The molecule has 1 aromatic carbocycles. The minimum atomic E-state index is 0.969. The molecule has 0 bridgehead atoms. The number of hydrogen-bond donors (Lipinski definition) is 0. The monoisotopic (exact) mass is 246 g/mol. The predicted molar refractivity (Wildman–Crippen MR) is 75.4 cm³/mol. The molecule has 0 amide bonds. The van der Waals surface area contributed by atoms with Gasteiger partial charge in [0, 0.05) is 13.1 Å².